The first kappa shape index (κ1) is 18.5. The molecule has 0 spiro atoms. The summed E-state index contributed by atoms with van der Waals surface area (Å²) >= 11 is 2.77. The SMILES string of the molecule is Cc1nc(Cc2nnc(S[C@H](C)C(=O)NCc3ccc(F)cc3)o2)cs1. The largest absolute Gasteiger partial charge is 0.416 e. The topological polar surface area (TPSA) is 80.9 Å². The van der Waals surface area contributed by atoms with Gasteiger partial charge in [0.15, 0.2) is 0 Å². The molecule has 136 valence electrons. The number of amides is 1. The Morgan fingerprint density at radius 1 is 1.35 bits per heavy atom. The van der Waals surface area contributed by atoms with Crippen LogP contribution in [0.4, 0.5) is 4.39 Å². The number of halogens is 1. The van der Waals surface area contributed by atoms with Crippen LogP contribution in [0.5, 0.6) is 0 Å². The molecule has 0 saturated carbocycles. The Labute approximate surface area is 158 Å². The van der Waals surface area contributed by atoms with Gasteiger partial charge in [0.2, 0.25) is 11.8 Å². The van der Waals surface area contributed by atoms with Crippen molar-refractivity contribution in [2.45, 2.75) is 37.3 Å². The monoisotopic (exact) mass is 392 g/mol. The molecule has 26 heavy (non-hydrogen) atoms. The number of hydrogen-bond acceptors (Lipinski definition) is 7. The highest BCUT2D eigenvalue weighted by Crippen LogP contribution is 2.23. The molecule has 2 aromatic heterocycles. The molecule has 0 bridgehead atoms. The first-order valence-corrected chi connectivity index (χ1v) is 9.68. The standard InChI is InChI=1S/C17H17FN4O2S2/c1-10(16(23)19-8-12-3-5-13(18)6-4-12)26-17-22-21-15(24-17)7-14-9-25-11(2)20-14/h3-6,9-10H,7-8H2,1-2H3,(H,19,23)/t10-/m1/s1. The first-order chi connectivity index (χ1) is 12.5. The van der Waals surface area contributed by atoms with Crippen LogP contribution in [0.25, 0.3) is 0 Å². The maximum absolute atomic E-state index is 12.9. The minimum absolute atomic E-state index is 0.158. The van der Waals surface area contributed by atoms with Crippen molar-refractivity contribution < 1.29 is 13.6 Å². The summed E-state index contributed by atoms with van der Waals surface area (Å²) in [5, 5.41) is 13.7. The second kappa shape index (κ2) is 8.41. The van der Waals surface area contributed by atoms with Crippen molar-refractivity contribution in [1.82, 2.24) is 20.5 Å². The molecule has 0 aliphatic rings. The molecule has 0 aliphatic heterocycles. The number of hydrogen-bond donors (Lipinski definition) is 1. The summed E-state index contributed by atoms with van der Waals surface area (Å²) in [4.78, 5) is 16.5. The summed E-state index contributed by atoms with van der Waals surface area (Å²) in [6.45, 7) is 4.04. The van der Waals surface area contributed by atoms with Crippen LogP contribution < -0.4 is 5.32 Å². The molecule has 1 N–H and O–H groups in total. The number of carbonyl (C=O) groups excluding carboxylic acids is 1. The van der Waals surface area contributed by atoms with E-state index >= 15 is 0 Å². The predicted octanol–water partition coefficient (Wildman–Crippen LogP) is 3.36. The Kier molecular flexibility index (Phi) is 6.00. The third-order valence-electron chi connectivity index (χ3n) is 3.47. The van der Waals surface area contributed by atoms with Crippen molar-refractivity contribution in [2.24, 2.45) is 0 Å². The lowest BCUT2D eigenvalue weighted by Gasteiger charge is -2.09. The predicted molar refractivity (Wildman–Crippen MR) is 97.5 cm³/mol. The smallest absolute Gasteiger partial charge is 0.277 e. The number of thioether (sulfide) groups is 1. The van der Waals surface area contributed by atoms with Crippen LogP contribution in [-0.2, 0) is 17.8 Å². The van der Waals surface area contributed by atoms with E-state index in [0.717, 1.165) is 16.3 Å². The fourth-order valence-electron chi connectivity index (χ4n) is 2.14. The lowest BCUT2D eigenvalue weighted by molar-refractivity contribution is -0.120. The van der Waals surface area contributed by atoms with Crippen LogP contribution >= 0.6 is 23.1 Å². The highest BCUT2D eigenvalue weighted by Gasteiger charge is 2.18. The average Bonchev–Trinajstić information content (AvgIpc) is 3.23. The van der Waals surface area contributed by atoms with E-state index in [-0.39, 0.29) is 11.7 Å². The summed E-state index contributed by atoms with van der Waals surface area (Å²) in [7, 11) is 0. The average molecular weight is 392 g/mol. The van der Waals surface area contributed by atoms with Crippen molar-refractivity contribution in [3.8, 4) is 0 Å². The number of rotatable bonds is 7. The number of thiazole rings is 1. The molecule has 1 amide bonds. The van der Waals surface area contributed by atoms with Gasteiger partial charge in [-0.2, -0.15) is 0 Å². The first-order valence-electron chi connectivity index (χ1n) is 7.92. The van der Waals surface area contributed by atoms with Crippen molar-refractivity contribution in [1.29, 1.82) is 0 Å². The van der Waals surface area contributed by atoms with Gasteiger partial charge in [-0.3, -0.25) is 4.79 Å². The molecular weight excluding hydrogens is 375 g/mol. The van der Waals surface area contributed by atoms with Gasteiger partial charge in [0.25, 0.3) is 5.22 Å². The maximum Gasteiger partial charge on any atom is 0.277 e. The van der Waals surface area contributed by atoms with Crippen molar-refractivity contribution in [3.05, 3.63) is 57.6 Å². The van der Waals surface area contributed by atoms with E-state index in [0.29, 0.717) is 24.1 Å². The van der Waals surface area contributed by atoms with Crippen LogP contribution in [0, 0.1) is 12.7 Å². The van der Waals surface area contributed by atoms with Gasteiger partial charge in [-0.1, -0.05) is 23.9 Å². The van der Waals surface area contributed by atoms with Gasteiger partial charge in [0.1, 0.15) is 5.82 Å². The summed E-state index contributed by atoms with van der Waals surface area (Å²) in [5.41, 5.74) is 1.72. The molecule has 0 aliphatic carbocycles. The third-order valence-corrected chi connectivity index (χ3v) is 5.23. The quantitative estimate of drug-likeness (QED) is 0.621. The summed E-state index contributed by atoms with van der Waals surface area (Å²) in [5.74, 6) is 0.00920. The van der Waals surface area contributed by atoms with Crippen LogP contribution in [0.1, 0.15) is 29.1 Å². The summed E-state index contributed by atoms with van der Waals surface area (Å²) in [6, 6.07) is 6.00. The Morgan fingerprint density at radius 3 is 2.81 bits per heavy atom. The minimum atomic E-state index is -0.398. The normalized spacial score (nSPS) is 12.1. The zero-order valence-electron chi connectivity index (χ0n) is 14.2. The van der Waals surface area contributed by atoms with E-state index in [4.69, 9.17) is 4.42 Å². The van der Waals surface area contributed by atoms with Gasteiger partial charge < -0.3 is 9.73 Å². The van der Waals surface area contributed by atoms with Crippen LogP contribution in [0.15, 0.2) is 39.3 Å². The molecule has 2 heterocycles. The second-order valence-electron chi connectivity index (χ2n) is 5.60. The number of benzene rings is 1. The third kappa shape index (κ3) is 5.12. The highest BCUT2D eigenvalue weighted by atomic mass is 32.2. The maximum atomic E-state index is 12.9. The van der Waals surface area contributed by atoms with E-state index in [1.807, 2.05) is 12.3 Å². The van der Waals surface area contributed by atoms with Crippen LogP contribution in [-0.4, -0.2) is 26.3 Å². The van der Waals surface area contributed by atoms with Gasteiger partial charge in [-0.25, -0.2) is 9.37 Å². The lowest BCUT2D eigenvalue weighted by atomic mass is 10.2. The minimum Gasteiger partial charge on any atom is -0.416 e. The van der Waals surface area contributed by atoms with E-state index in [1.54, 1.807) is 30.4 Å². The molecule has 0 fully saturated rings. The van der Waals surface area contributed by atoms with Crippen LogP contribution in [0.3, 0.4) is 0 Å². The molecule has 1 aromatic carbocycles. The molecule has 6 nitrogen and oxygen atoms in total. The van der Waals surface area contributed by atoms with E-state index in [2.05, 4.69) is 20.5 Å². The summed E-state index contributed by atoms with van der Waals surface area (Å²) < 4.78 is 18.5. The molecule has 9 heteroatoms. The number of aromatic nitrogens is 3. The molecule has 0 unspecified atom stereocenters. The fourth-order valence-corrected chi connectivity index (χ4v) is 3.48. The zero-order valence-corrected chi connectivity index (χ0v) is 15.9. The van der Waals surface area contributed by atoms with Gasteiger partial charge in [-0.15, -0.1) is 21.5 Å². The fraction of sp³-hybridized carbons (Fsp3) is 0.294. The second-order valence-corrected chi connectivity index (χ2v) is 7.95. The number of aryl methyl sites for hydroxylation is 1. The van der Waals surface area contributed by atoms with Gasteiger partial charge >= 0.3 is 0 Å². The Balaban J connectivity index is 1.50. The number of nitrogens with zero attached hydrogens (tertiary/aromatic N) is 3. The number of nitrogens with one attached hydrogen (secondary N) is 1. The summed E-state index contributed by atoms with van der Waals surface area (Å²) in [6.07, 6.45) is 0.475. The van der Waals surface area contributed by atoms with Gasteiger partial charge in [0.05, 0.1) is 22.4 Å². The van der Waals surface area contributed by atoms with Crippen LogP contribution in [0.2, 0.25) is 0 Å². The Morgan fingerprint density at radius 2 is 2.12 bits per heavy atom. The Hall–Kier alpha value is -2.26. The molecular formula is C17H17FN4O2S2. The molecule has 0 saturated heterocycles. The van der Waals surface area contributed by atoms with E-state index in [1.165, 1.54) is 23.9 Å². The van der Waals surface area contributed by atoms with Crippen molar-refractivity contribution in [2.75, 3.05) is 0 Å². The van der Waals surface area contributed by atoms with E-state index < -0.39 is 5.25 Å². The Bertz CT molecular complexity index is 879. The zero-order chi connectivity index (χ0) is 18.5. The number of carbonyl (C=O) groups is 1. The molecule has 3 aromatic rings. The molecule has 1 atom stereocenters. The van der Waals surface area contributed by atoms with Crippen molar-refractivity contribution in [3.63, 3.8) is 0 Å². The lowest BCUT2D eigenvalue weighted by Crippen LogP contribution is -2.30. The molecule has 0 radical (unpaired) electrons. The van der Waals surface area contributed by atoms with E-state index in [9.17, 15) is 9.18 Å². The van der Waals surface area contributed by atoms with Crippen molar-refractivity contribution >= 4 is 29.0 Å². The highest BCUT2D eigenvalue weighted by molar-refractivity contribution is 8.00. The van der Waals surface area contributed by atoms with Gasteiger partial charge in [0, 0.05) is 11.9 Å². The molecule has 3 rings (SSSR count). The van der Waals surface area contributed by atoms with Gasteiger partial charge in [-0.05, 0) is 31.5 Å².